The lowest BCUT2D eigenvalue weighted by atomic mass is 10.0. The number of methoxy groups -OCH3 is 2. The van der Waals surface area contributed by atoms with Crippen LogP contribution in [-0.4, -0.2) is 32.5 Å². The van der Waals surface area contributed by atoms with Gasteiger partial charge in [0.05, 0.1) is 25.9 Å². The highest BCUT2D eigenvalue weighted by atomic mass is 16.6. The van der Waals surface area contributed by atoms with Crippen molar-refractivity contribution in [3.63, 3.8) is 0 Å². The maximum atomic E-state index is 11.7. The van der Waals surface area contributed by atoms with Crippen LogP contribution in [0.15, 0.2) is 50.7 Å². The summed E-state index contributed by atoms with van der Waals surface area (Å²) < 4.78 is 27.9. The summed E-state index contributed by atoms with van der Waals surface area (Å²) in [7, 11) is 3.08. The average Bonchev–Trinajstić information content (AvgIpc) is 3.38. The molecule has 1 aromatic heterocycles. The normalized spacial score (nSPS) is 18.0. The van der Waals surface area contributed by atoms with Crippen LogP contribution in [0.1, 0.15) is 53.4 Å². The third kappa shape index (κ3) is 5.94. The number of fused-ring (bicyclic) bond motifs is 1. The first-order valence-electron chi connectivity index (χ1n) is 11.1. The van der Waals surface area contributed by atoms with Crippen LogP contribution < -0.4 is 19.8 Å². The minimum Gasteiger partial charge on any atom is -0.493 e. The molecule has 0 N–H and O–H groups in total. The van der Waals surface area contributed by atoms with E-state index >= 15 is 0 Å². The summed E-state index contributed by atoms with van der Waals surface area (Å²) in [6.07, 6.45) is 8.90. The maximum absolute atomic E-state index is 11.7. The number of hydrogen-bond donors (Lipinski definition) is 0. The number of benzene rings is 1. The second-order valence-electron chi connectivity index (χ2n) is 8.81. The summed E-state index contributed by atoms with van der Waals surface area (Å²) in [5.41, 5.74) is 2.62. The fraction of sp³-hybridized carbons (Fsp3) is 0.500. The molecule has 1 aromatic carbocycles. The molecule has 1 fully saturated rings. The molecule has 0 unspecified atom stereocenters. The van der Waals surface area contributed by atoms with Gasteiger partial charge in [0.15, 0.2) is 11.3 Å². The van der Waals surface area contributed by atoms with E-state index in [0.29, 0.717) is 40.9 Å². The molecule has 0 amide bonds. The van der Waals surface area contributed by atoms with Gasteiger partial charge >= 0.3 is 5.63 Å². The van der Waals surface area contributed by atoms with Gasteiger partial charge in [-0.05, 0) is 71.6 Å². The van der Waals surface area contributed by atoms with E-state index in [0.717, 1.165) is 25.7 Å². The number of hydrogen-bond acceptors (Lipinski definition) is 6. The molecule has 0 bridgehead atoms. The lowest BCUT2D eigenvalue weighted by molar-refractivity contribution is 0.299. The van der Waals surface area contributed by atoms with E-state index in [9.17, 15) is 4.79 Å². The number of rotatable bonds is 11. The first kappa shape index (κ1) is 23.9. The molecule has 3 rings (SSSR count). The van der Waals surface area contributed by atoms with Gasteiger partial charge in [0.2, 0.25) is 11.5 Å². The Morgan fingerprint density at radius 2 is 1.78 bits per heavy atom. The quantitative estimate of drug-likeness (QED) is 0.248. The molecule has 1 atom stereocenters. The lowest BCUT2D eigenvalue weighted by Crippen LogP contribution is -2.03. The topological polar surface area (TPSA) is 70.4 Å². The maximum Gasteiger partial charge on any atom is 0.336 e. The smallest absolute Gasteiger partial charge is 0.336 e. The molecule has 1 aliphatic rings. The van der Waals surface area contributed by atoms with Gasteiger partial charge in [-0.15, -0.1) is 0 Å². The van der Waals surface area contributed by atoms with Gasteiger partial charge < -0.3 is 23.4 Å². The summed E-state index contributed by atoms with van der Waals surface area (Å²) in [5, 5.41) is 0.705. The van der Waals surface area contributed by atoms with E-state index in [2.05, 4.69) is 33.8 Å². The van der Waals surface area contributed by atoms with Gasteiger partial charge in [0, 0.05) is 11.5 Å². The van der Waals surface area contributed by atoms with Crippen molar-refractivity contribution in [1.82, 2.24) is 0 Å². The molecule has 2 heterocycles. The van der Waals surface area contributed by atoms with E-state index in [4.69, 9.17) is 23.4 Å². The lowest BCUT2D eigenvalue weighted by Gasteiger charge is -2.15. The summed E-state index contributed by atoms with van der Waals surface area (Å²) in [6, 6.07) is 4.81. The Morgan fingerprint density at radius 1 is 1.06 bits per heavy atom. The van der Waals surface area contributed by atoms with Crippen LogP contribution >= 0.6 is 0 Å². The van der Waals surface area contributed by atoms with Gasteiger partial charge in [-0.1, -0.05) is 17.2 Å². The molecule has 2 aromatic rings. The molecule has 0 spiro atoms. The molecule has 174 valence electrons. The van der Waals surface area contributed by atoms with Crippen LogP contribution in [0.4, 0.5) is 0 Å². The number of allylic oxidation sites excluding steroid dienone is 3. The Bertz CT molecular complexity index is 1060. The minimum atomic E-state index is -0.445. The van der Waals surface area contributed by atoms with E-state index in [1.165, 1.54) is 24.3 Å². The first-order valence-corrected chi connectivity index (χ1v) is 11.1. The van der Waals surface area contributed by atoms with Gasteiger partial charge in [-0.2, -0.15) is 0 Å². The van der Waals surface area contributed by atoms with Crippen molar-refractivity contribution in [1.29, 1.82) is 0 Å². The Morgan fingerprint density at radius 3 is 2.44 bits per heavy atom. The van der Waals surface area contributed by atoms with Crippen molar-refractivity contribution in [3.8, 4) is 17.2 Å². The monoisotopic (exact) mass is 442 g/mol. The highest BCUT2D eigenvalue weighted by Gasteiger charge is 2.46. The zero-order valence-corrected chi connectivity index (χ0v) is 19.9. The summed E-state index contributed by atoms with van der Waals surface area (Å²) in [4.78, 5) is 11.7. The number of epoxide rings is 1. The van der Waals surface area contributed by atoms with E-state index in [-0.39, 0.29) is 5.60 Å². The Hall–Kier alpha value is -2.73. The van der Waals surface area contributed by atoms with Crippen molar-refractivity contribution in [2.45, 2.75) is 65.1 Å². The Kier molecular flexibility index (Phi) is 7.67. The molecule has 0 aliphatic carbocycles. The van der Waals surface area contributed by atoms with Gasteiger partial charge in [0.1, 0.15) is 6.61 Å². The van der Waals surface area contributed by atoms with Crippen molar-refractivity contribution in [3.05, 3.63) is 51.9 Å². The van der Waals surface area contributed by atoms with Crippen LogP contribution in [0.2, 0.25) is 0 Å². The zero-order chi connectivity index (χ0) is 23.3. The average molecular weight is 443 g/mol. The van der Waals surface area contributed by atoms with Crippen molar-refractivity contribution >= 4 is 11.0 Å². The van der Waals surface area contributed by atoms with Crippen molar-refractivity contribution < 1.29 is 23.4 Å². The number of ether oxygens (including phenoxy) is 4. The van der Waals surface area contributed by atoms with Crippen LogP contribution in [0, 0.1) is 0 Å². The molecule has 6 heteroatoms. The summed E-state index contributed by atoms with van der Waals surface area (Å²) in [6.45, 7) is 8.94. The van der Waals surface area contributed by atoms with E-state index in [1.807, 2.05) is 6.08 Å². The van der Waals surface area contributed by atoms with Gasteiger partial charge in [-0.3, -0.25) is 0 Å². The standard InChI is InChI=1S/C26H34O6/c1-17(10-12-21-26(3,4)32-21)8-7-9-18(2)14-15-30-24-20(28-5)16-19-11-13-22(27)31-23(19)25(24)29-6/h8,11,13-14,16,21H,7,9-10,12,15H2,1-6H3/b17-8+,18-14+/t21-/m1/s1. The Balaban J connectivity index is 1.57. The highest BCUT2D eigenvalue weighted by Crippen LogP contribution is 2.43. The van der Waals surface area contributed by atoms with Crippen LogP contribution in [0.3, 0.4) is 0 Å². The molecular weight excluding hydrogens is 408 g/mol. The summed E-state index contributed by atoms with van der Waals surface area (Å²) in [5.74, 6) is 1.29. The fourth-order valence-electron chi connectivity index (χ4n) is 3.73. The molecule has 32 heavy (non-hydrogen) atoms. The third-order valence-electron chi connectivity index (χ3n) is 5.87. The Labute approximate surface area is 189 Å². The molecule has 6 nitrogen and oxygen atoms in total. The van der Waals surface area contributed by atoms with E-state index < -0.39 is 5.63 Å². The molecule has 1 saturated heterocycles. The minimum absolute atomic E-state index is 0.0708. The molecule has 0 saturated carbocycles. The third-order valence-corrected chi connectivity index (χ3v) is 5.87. The van der Waals surface area contributed by atoms with Crippen molar-refractivity contribution in [2.75, 3.05) is 20.8 Å². The van der Waals surface area contributed by atoms with Crippen LogP contribution in [-0.2, 0) is 4.74 Å². The van der Waals surface area contributed by atoms with Crippen molar-refractivity contribution in [2.24, 2.45) is 0 Å². The molecule has 1 aliphatic heterocycles. The zero-order valence-electron chi connectivity index (χ0n) is 19.9. The van der Waals surface area contributed by atoms with Gasteiger partial charge in [-0.25, -0.2) is 4.79 Å². The van der Waals surface area contributed by atoms with E-state index in [1.54, 1.807) is 19.2 Å². The molecular formula is C26H34O6. The second kappa shape index (κ2) is 10.3. The predicted molar refractivity (Wildman–Crippen MR) is 126 cm³/mol. The largest absolute Gasteiger partial charge is 0.493 e. The van der Waals surface area contributed by atoms with Crippen LogP contribution in [0.25, 0.3) is 11.0 Å². The van der Waals surface area contributed by atoms with Gasteiger partial charge in [0.25, 0.3) is 0 Å². The SMILES string of the molecule is COc1cc2ccc(=O)oc2c(OC)c1OC/C=C(\C)CC/C=C(\C)CC[C@H]1OC1(C)C. The first-order chi connectivity index (χ1) is 15.2. The predicted octanol–water partition coefficient (Wildman–Crippen LogP) is 5.82. The molecule has 0 radical (unpaired) electrons. The summed E-state index contributed by atoms with van der Waals surface area (Å²) >= 11 is 0. The second-order valence-corrected chi connectivity index (χ2v) is 8.81. The van der Waals surface area contributed by atoms with Crippen LogP contribution in [0.5, 0.6) is 17.2 Å². The fourth-order valence-corrected chi connectivity index (χ4v) is 3.73. The highest BCUT2D eigenvalue weighted by molar-refractivity contribution is 5.88.